The quantitative estimate of drug-likeness (QED) is 0.811. The van der Waals surface area contributed by atoms with Gasteiger partial charge in [-0.2, -0.15) is 0 Å². The van der Waals surface area contributed by atoms with Crippen LogP contribution >= 0.6 is 0 Å². The van der Waals surface area contributed by atoms with Crippen molar-refractivity contribution in [3.8, 4) is 11.5 Å². The van der Waals surface area contributed by atoms with Crippen LogP contribution in [-0.2, 0) is 6.42 Å². The van der Waals surface area contributed by atoms with Gasteiger partial charge in [-0.1, -0.05) is 0 Å². The zero-order chi connectivity index (χ0) is 15.0. The molecule has 0 spiro atoms. The monoisotopic (exact) mass is 286 g/mol. The predicted molar refractivity (Wildman–Crippen MR) is 76.6 cm³/mol. The van der Waals surface area contributed by atoms with Gasteiger partial charge in [-0.25, -0.2) is 4.39 Å². The summed E-state index contributed by atoms with van der Waals surface area (Å²) in [5, 5.41) is 0. The molecule has 0 amide bonds. The molecule has 0 fully saturated rings. The second-order valence-corrected chi connectivity index (χ2v) is 5.13. The first-order valence-electron chi connectivity index (χ1n) is 6.76. The maximum atomic E-state index is 14.0. The van der Waals surface area contributed by atoms with Gasteiger partial charge in [-0.3, -0.25) is 4.79 Å². The van der Waals surface area contributed by atoms with E-state index in [2.05, 4.69) is 0 Å². The summed E-state index contributed by atoms with van der Waals surface area (Å²) < 4.78 is 24.5. The van der Waals surface area contributed by atoms with Gasteiger partial charge in [0.2, 0.25) is 0 Å². The lowest BCUT2D eigenvalue weighted by Gasteiger charge is -2.06. The van der Waals surface area contributed by atoms with Crippen molar-refractivity contribution >= 4 is 5.78 Å². The highest BCUT2D eigenvalue weighted by molar-refractivity contribution is 6.09. The Morgan fingerprint density at radius 2 is 2.10 bits per heavy atom. The minimum Gasteiger partial charge on any atom is -0.497 e. The van der Waals surface area contributed by atoms with E-state index in [0.29, 0.717) is 11.3 Å². The Hall–Kier alpha value is -2.36. The smallest absolute Gasteiger partial charge is 0.195 e. The molecular weight excluding hydrogens is 271 g/mol. The fourth-order valence-electron chi connectivity index (χ4n) is 2.53. The predicted octanol–water partition coefficient (Wildman–Crippen LogP) is 3.39. The summed E-state index contributed by atoms with van der Waals surface area (Å²) in [6.07, 6.45) is 0.879. The van der Waals surface area contributed by atoms with Gasteiger partial charge in [0.25, 0.3) is 0 Å². The Morgan fingerprint density at radius 1 is 1.29 bits per heavy atom. The van der Waals surface area contributed by atoms with Crippen molar-refractivity contribution in [1.29, 1.82) is 0 Å². The molecule has 4 heteroatoms. The number of carbonyl (C=O) groups excluding carboxylic acids is 1. The number of methoxy groups -OCH3 is 1. The molecule has 108 valence electrons. The number of hydrogen-bond acceptors (Lipinski definition) is 3. The molecule has 0 aliphatic carbocycles. The van der Waals surface area contributed by atoms with Gasteiger partial charge >= 0.3 is 0 Å². The topological polar surface area (TPSA) is 35.5 Å². The van der Waals surface area contributed by atoms with Crippen molar-refractivity contribution in [2.75, 3.05) is 7.11 Å². The van der Waals surface area contributed by atoms with Crippen LogP contribution in [0.1, 0.15) is 28.4 Å². The molecule has 0 aromatic heterocycles. The molecule has 1 heterocycles. The van der Waals surface area contributed by atoms with Crippen LogP contribution in [0, 0.1) is 5.82 Å². The number of hydrogen-bond donors (Lipinski definition) is 0. The Bertz CT molecular complexity index is 709. The summed E-state index contributed by atoms with van der Waals surface area (Å²) in [7, 11) is 1.46. The largest absolute Gasteiger partial charge is 0.497 e. The molecule has 1 unspecified atom stereocenters. The Kier molecular flexibility index (Phi) is 3.37. The van der Waals surface area contributed by atoms with Crippen LogP contribution in [0.2, 0.25) is 0 Å². The molecule has 3 rings (SSSR count). The zero-order valence-corrected chi connectivity index (χ0v) is 11.9. The number of rotatable bonds is 3. The van der Waals surface area contributed by atoms with E-state index in [-0.39, 0.29) is 17.5 Å². The van der Waals surface area contributed by atoms with Crippen LogP contribution < -0.4 is 9.47 Å². The van der Waals surface area contributed by atoms with E-state index in [1.165, 1.54) is 19.2 Å². The van der Waals surface area contributed by atoms with Gasteiger partial charge < -0.3 is 9.47 Å². The van der Waals surface area contributed by atoms with Crippen LogP contribution in [0.25, 0.3) is 0 Å². The normalized spacial score (nSPS) is 16.2. The van der Waals surface area contributed by atoms with Crippen molar-refractivity contribution in [3.05, 3.63) is 58.9 Å². The summed E-state index contributed by atoms with van der Waals surface area (Å²) in [4.78, 5) is 12.4. The standard InChI is InChI=1S/C17H15FO3/c1-10-7-12-8-11(3-6-16(12)21-10)17(19)14-5-4-13(20-2)9-15(14)18/h3-6,8-10H,7H2,1-2H3. The number of ether oxygens (including phenoxy) is 2. The average Bonchev–Trinajstić information content (AvgIpc) is 2.85. The fourth-order valence-corrected chi connectivity index (χ4v) is 2.53. The molecule has 0 N–H and O–H groups in total. The van der Waals surface area contributed by atoms with Gasteiger partial charge in [-0.15, -0.1) is 0 Å². The maximum absolute atomic E-state index is 14.0. The molecule has 0 saturated carbocycles. The molecule has 3 nitrogen and oxygen atoms in total. The third-order valence-electron chi connectivity index (χ3n) is 3.58. The second-order valence-electron chi connectivity index (χ2n) is 5.13. The Labute approximate surface area is 122 Å². The van der Waals surface area contributed by atoms with E-state index in [0.717, 1.165) is 17.7 Å². The Morgan fingerprint density at radius 3 is 2.81 bits per heavy atom. The highest BCUT2D eigenvalue weighted by Gasteiger charge is 2.22. The molecule has 1 aliphatic heterocycles. The van der Waals surface area contributed by atoms with Crippen LogP contribution in [-0.4, -0.2) is 19.0 Å². The van der Waals surface area contributed by atoms with Crippen LogP contribution in [0.15, 0.2) is 36.4 Å². The van der Waals surface area contributed by atoms with E-state index >= 15 is 0 Å². The molecule has 0 bridgehead atoms. The van der Waals surface area contributed by atoms with Gasteiger partial charge in [0.15, 0.2) is 5.78 Å². The van der Waals surface area contributed by atoms with E-state index in [1.807, 2.05) is 6.92 Å². The highest BCUT2D eigenvalue weighted by Crippen LogP contribution is 2.30. The number of halogens is 1. The summed E-state index contributed by atoms with van der Waals surface area (Å²) in [5.74, 6) is 0.274. The third-order valence-corrected chi connectivity index (χ3v) is 3.58. The minimum absolute atomic E-state index is 0.0442. The van der Waals surface area contributed by atoms with Gasteiger partial charge in [0, 0.05) is 18.1 Å². The first kappa shape index (κ1) is 13.6. The summed E-state index contributed by atoms with van der Waals surface area (Å²) in [6.45, 7) is 1.98. The van der Waals surface area contributed by atoms with Crippen LogP contribution in [0.4, 0.5) is 4.39 Å². The SMILES string of the molecule is COc1ccc(C(=O)c2ccc3c(c2)CC(C)O3)c(F)c1. The average molecular weight is 286 g/mol. The van der Waals surface area contributed by atoms with Crippen molar-refractivity contribution < 1.29 is 18.7 Å². The van der Waals surface area contributed by atoms with Gasteiger partial charge in [0.1, 0.15) is 23.4 Å². The van der Waals surface area contributed by atoms with E-state index in [9.17, 15) is 9.18 Å². The summed E-state index contributed by atoms with van der Waals surface area (Å²) in [6, 6.07) is 9.46. The third kappa shape index (κ3) is 2.49. The summed E-state index contributed by atoms with van der Waals surface area (Å²) in [5.41, 5.74) is 1.50. The molecule has 2 aromatic carbocycles. The molecule has 21 heavy (non-hydrogen) atoms. The highest BCUT2D eigenvalue weighted by atomic mass is 19.1. The van der Waals surface area contributed by atoms with Crippen molar-refractivity contribution in [3.63, 3.8) is 0 Å². The Balaban J connectivity index is 1.94. The molecule has 2 aromatic rings. The molecule has 1 aliphatic rings. The van der Waals surface area contributed by atoms with Gasteiger partial charge in [-0.05, 0) is 42.8 Å². The first-order valence-corrected chi connectivity index (χ1v) is 6.76. The van der Waals surface area contributed by atoms with E-state index < -0.39 is 5.82 Å². The molecule has 1 atom stereocenters. The van der Waals surface area contributed by atoms with Crippen molar-refractivity contribution in [2.45, 2.75) is 19.4 Å². The number of benzene rings is 2. The van der Waals surface area contributed by atoms with E-state index in [4.69, 9.17) is 9.47 Å². The van der Waals surface area contributed by atoms with Crippen molar-refractivity contribution in [1.82, 2.24) is 0 Å². The van der Waals surface area contributed by atoms with Crippen LogP contribution in [0.3, 0.4) is 0 Å². The van der Waals surface area contributed by atoms with Crippen molar-refractivity contribution in [2.24, 2.45) is 0 Å². The number of ketones is 1. The van der Waals surface area contributed by atoms with Gasteiger partial charge in [0.05, 0.1) is 12.7 Å². The molecule has 0 saturated heterocycles. The maximum Gasteiger partial charge on any atom is 0.195 e. The number of fused-ring (bicyclic) bond motifs is 1. The molecular formula is C17H15FO3. The first-order chi connectivity index (χ1) is 10.1. The molecule has 0 radical (unpaired) electrons. The zero-order valence-electron chi connectivity index (χ0n) is 11.9. The minimum atomic E-state index is -0.579. The second kappa shape index (κ2) is 5.20. The summed E-state index contributed by atoms with van der Waals surface area (Å²) >= 11 is 0. The fraction of sp³-hybridized carbons (Fsp3) is 0.235. The number of carbonyl (C=O) groups is 1. The lowest BCUT2D eigenvalue weighted by molar-refractivity contribution is 0.103. The lowest BCUT2D eigenvalue weighted by Crippen LogP contribution is -2.05. The van der Waals surface area contributed by atoms with E-state index in [1.54, 1.807) is 24.3 Å². The van der Waals surface area contributed by atoms with Crippen LogP contribution in [0.5, 0.6) is 11.5 Å². The lowest BCUT2D eigenvalue weighted by atomic mass is 9.99.